The first kappa shape index (κ1) is 26.6. The Kier molecular flexibility index (Phi) is 9.21. The van der Waals surface area contributed by atoms with Crippen molar-refractivity contribution in [1.29, 1.82) is 5.26 Å². The van der Waals surface area contributed by atoms with Crippen LogP contribution in [0.25, 0.3) is 11.3 Å². The molecule has 0 radical (unpaired) electrons. The molecule has 2 aromatic rings. The molecule has 10 heteroatoms. The number of carbonyl (C=O) groups is 1. The molecule has 0 aliphatic rings. The summed E-state index contributed by atoms with van der Waals surface area (Å²) in [6.07, 6.45) is -3.46. The summed E-state index contributed by atoms with van der Waals surface area (Å²) in [7, 11) is 0. The van der Waals surface area contributed by atoms with Crippen molar-refractivity contribution in [3.63, 3.8) is 0 Å². The minimum atomic E-state index is -4.86. The number of carbonyl (C=O) groups excluding carboxylic acids is 1. The van der Waals surface area contributed by atoms with Gasteiger partial charge in [-0.25, -0.2) is 4.79 Å². The summed E-state index contributed by atoms with van der Waals surface area (Å²) in [5.41, 5.74) is -1.22. The van der Waals surface area contributed by atoms with E-state index in [0.29, 0.717) is 11.8 Å². The van der Waals surface area contributed by atoms with E-state index in [9.17, 15) is 23.2 Å². The van der Waals surface area contributed by atoms with E-state index in [1.807, 2.05) is 40.7 Å². The first-order valence-corrected chi connectivity index (χ1v) is 10.8. The highest BCUT2D eigenvalue weighted by Crippen LogP contribution is 2.40. The van der Waals surface area contributed by atoms with Gasteiger partial charge in [0.05, 0.1) is 5.56 Å². The Bertz CT molecular complexity index is 985. The molecule has 1 aromatic carbocycles. The van der Waals surface area contributed by atoms with Crippen molar-refractivity contribution < 1.29 is 22.7 Å². The van der Waals surface area contributed by atoms with Crippen LogP contribution in [0.1, 0.15) is 57.0 Å². The summed E-state index contributed by atoms with van der Waals surface area (Å²) < 4.78 is 45.3. The minimum Gasteiger partial charge on any atom is -0.416 e. The van der Waals surface area contributed by atoms with Crippen LogP contribution < -0.4 is 0 Å². The molecule has 5 nitrogen and oxygen atoms in total. The number of nitrogens with zero attached hydrogens (tertiary/aromatic N) is 2. The van der Waals surface area contributed by atoms with Crippen molar-refractivity contribution in [2.24, 2.45) is 0 Å². The highest BCUT2D eigenvalue weighted by Gasteiger charge is 2.40. The Labute approximate surface area is 188 Å². The van der Waals surface area contributed by atoms with Gasteiger partial charge in [0.25, 0.3) is 0 Å². The van der Waals surface area contributed by atoms with Crippen molar-refractivity contribution in [3.05, 3.63) is 51.8 Å². The Morgan fingerprint density at radius 2 is 1.74 bits per heavy atom. The van der Waals surface area contributed by atoms with Gasteiger partial charge >= 0.3 is 11.5 Å². The fourth-order valence-corrected chi connectivity index (χ4v) is 2.86. The predicted molar refractivity (Wildman–Crippen MR) is 118 cm³/mol. The number of aromatic nitrogens is 2. The van der Waals surface area contributed by atoms with E-state index in [2.05, 4.69) is 5.10 Å². The number of alkyl halides is 3. The average molecular weight is 474 g/mol. The Morgan fingerprint density at radius 3 is 2.16 bits per heavy atom. The third-order valence-electron chi connectivity index (χ3n) is 3.96. The molecule has 0 amide bonds. The summed E-state index contributed by atoms with van der Waals surface area (Å²) in [5.74, 6) is -0.610. The van der Waals surface area contributed by atoms with Gasteiger partial charge in [-0.05, 0) is 34.6 Å². The van der Waals surface area contributed by atoms with Crippen molar-refractivity contribution in [1.82, 2.24) is 10.2 Å². The fraction of sp³-hybridized carbons (Fsp3) is 0.381. The molecule has 0 aliphatic heterocycles. The van der Waals surface area contributed by atoms with Crippen LogP contribution in [0.5, 0.6) is 0 Å². The Balaban J connectivity index is 0.00000233. The third kappa shape index (κ3) is 6.52. The van der Waals surface area contributed by atoms with E-state index in [4.69, 9.17) is 16.3 Å². The lowest BCUT2D eigenvalue weighted by Crippen LogP contribution is -2.12. The molecule has 168 valence electrons. The van der Waals surface area contributed by atoms with Crippen molar-refractivity contribution >= 4 is 40.0 Å². The topological polar surface area (TPSA) is 78.8 Å². The monoisotopic (exact) mass is 473 g/mol. The molecule has 1 N–H and O–H groups in total. The number of allylic oxidation sites excluding steroid dienone is 1. The van der Waals surface area contributed by atoms with Crippen LogP contribution in [0.2, 0.25) is 5.15 Å². The maximum absolute atomic E-state index is 13.4. The van der Waals surface area contributed by atoms with Crippen LogP contribution >= 0.6 is 23.4 Å². The molecule has 2 rings (SSSR count). The Hall–Kier alpha value is -2.44. The molecule has 0 saturated carbocycles. The number of H-pyrrole nitrogens is 1. The van der Waals surface area contributed by atoms with Gasteiger partial charge in [0.15, 0.2) is 16.6 Å². The zero-order chi connectivity index (χ0) is 24.0. The van der Waals surface area contributed by atoms with Gasteiger partial charge in [-0.1, -0.05) is 70.5 Å². The molecular formula is C21H23ClF3N3O2S. The number of rotatable bonds is 3. The molecule has 1 heterocycles. The van der Waals surface area contributed by atoms with Crippen LogP contribution in [0.4, 0.5) is 18.0 Å². The number of ether oxygens (including phenoxy) is 1. The fourth-order valence-electron chi connectivity index (χ4n) is 2.47. The SMILES string of the molecule is CC.CSC(=O)O/C(=C(/C#N)c1ccc(C(C)(C)C)cc1)c1c(Cl)n[nH]c1C(F)(F)F. The zero-order valence-corrected chi connectivity index (χ0v) is 19.5. The largest absolute Gasteiger partial charge is 0.433 e. The molecule has 0 fully saturated rings. The summed E-state index contributed by atoms with van der Waals surface area (Å²) >= 11 is 6.50. The lowest BCUT2D eigenvalue weighted by molar-refractivity contribution is -0.141. The number of halogens is 4. The second-order valence-corrected chi connectivity index (χ2v) is 8.06. The molecule has 0 aliphatic carbocycles. The van der Waals surface area contributed by atoms with Crippen LogP contribution in [0.15, 0.2) is 24.3 Å². The normalized spacial score (nSPS) is 12.3. The minimum absolute atomic E-state index is 0.166. The van der Waals surface area contributed by atoms with Gasteiger partial charge < -0.3 is 4.74 Å². The number of hydrogen-bond acceptors (Lipinski definition) is 5. The maximum Gasteiger partial charge on any atom is 0.433 e. The number of nitrogens with one attached hydrogen (secondary N) is 1. The number of benzene rings is 1. The smallest absolute Gasteiger partial charge is 0.416 e. The summed E-state index contributed by atoms with van der Waals surface area (Å²) in [6, 6.07) is 8.48. The van der Waals surface area contributed by atoms with Gasteiger partial charge in [0.1, 0.15) is 11.6 Å². The summed E-state index contributed by atoms with van der Waals surface area (Å²) in [6.45, 7) is 9.99. The molecule has 0 saturated heterocycles. The highest BCUT2D eigenvalue weighted by atomic mass is 35.5. The molecule has 1 aromatic heterocycles. The summed E-state index contributed by atoms with van der Waals surface area (Å²) in [5, 5.41) is 13.4. The first-order valence-electron chi connectivity index (χ1n) is 9.22. The standard InChI is InChI=1S/C19H17ClF3N3O2S.C2H6/c1-18(2,3)11-7-5-10(6-8-11)12(9-24)14(28-17(27)29-4)13-15(19(21,22)23)25-26-16(13)20;1-2/h5-8H,1-4H3,(H,25,26);1-2H3/b14-12-;. The quantitative estimate of drug-likeness (QED) is 0.287. The molecule has 0 bridgehead atoms. The number of thioether (sulfide) groups is 1. The average Bonchev–Trinajstić information content (AvgIpc) is 3.10. The third-order valence-corrected chi connectivity index (χ3v) is 4.65. The van der Waals surface area contributed by atoms with Gasteiger partial charge in [0.2, 0.25) is 0 Å². The molecular weight excluding hydrogens is 451 g/mol. The Morgan fingerprint density at radius 1 is 1.19 bits per heavy atom. The lowest BCUT2D eigenvalue weighted by atomic mass is 9.86. The molecule has 0 atom stereocenters. The van der Waals surface area contributed by atoms with E-state index < -0.39 is 33.6 Å². The lowest BCUT2D eigenvalue weighted by Gasteiger charge is -2.19. The van der Waals surface area contributed by atoms with Crippen molar-refractivity contribution in [2.75, 3.05) is 6.26 Å². The van der Waals surface area contributed by atoms with Gasteiger partial charge in [-0.2, -0.15) is 23.5 Å². The molecule has 0 spiro atoms. The van der Waals surface area contributed by atoms with Crippen molar-refractivity contribution in [2.45, 2.75) is 46.2 Å². The van der Waals surface area contributed by atoms with Gasteiger partial charge in [-0.3, -0.25) is 5.10 Å². The second kappa shape index (κ2) is 10.7. The van der Waals surface area contributed by atoms with Gasteiger partial charge in [0, 0.05) is 0 Å². The van der Waals surface area contributed by atoms with Crippen LogP contribution in [-0.2, 0) is 16.3 Å². The second-order valence-electron chi connectivity index (χ2n) is 6.96. The van der Waals surface area contributed by atoms with E-state index in [1.165, 1.54) is 6.26 Å². The highest BCUT2D eigenvalue weighted by molar-refractivity contribution is 8.12. The first-order chi connectivity index (χ1) is 14.4. The van der Waals surface area contributed by atoms with Crippen LogP contribution in [0.3, 0.4) is 0 Å². The maximum atomic E-state index is 13.4. The molecule has 31 heavy (non-hydrogen) atoms. The van der Waals surface area contributed by atoms with E-state index in [1.54, 1.807) is 29.4 Å². The number of hydrogen-bond donors (Lipinski definition) is 1. The van der Waals surface area contributed by atoms with Crippen molar-refractivity contribution in [3.8, 4) is 6.07 Å². The van der Waals surface area contributed by atoms with E-state index in [0.717, 1.165) is 5.56 Å². The van der Waals surface area contributed by atoms with E-state index in [-0.39, 0.29) is 16.6 Å². The zero-order valence-electron chi connectivity index (χ0n) is 17.9. The summed E-state index contributed by atoms with van der Waals surface area (Å²) in [4.78, 5) is 11.9. The predicted octanol–water partition coefficient (Wildman–Crippen LogP) is 7.30. The number of aromatic amines is 1. The van der Waals surface area contributed by atoms with E-state index >= 15 is 0 Å². The molecule has 0 unspecified atom stereocenters. The number of nitriles is 1. The van der Waals surface area contributed by atoms with Gasteiger partial charge in [-0.15, -0.1) is 0 Å². The van der Waals surface area contributed by atoms with Crippen LogP contribution in [-0.4, -0.2) is 21.8 Å². The van der Waals surface area contributed by atoms with Crippen LogP contribution in [0, 0.1) is 11.3 Å².